The van der Waals surface area contributed by atoms with Crippen molar-refractivity contribution < 1.29 is 18.8 Å². The van der Waals surface area contributed by atoms with E-state index in [2.05, 4.69) is 5.32 Å². The molecule has 8 heteroatoms. The Morgan fingerprint density at radius 3 is 2.79 bits per heavy atom. The molecule has 1 saturated heterocycles. The van der Waals surface area contributed by atoms with Gasteiger partial charge in [-0.2, -0.15) is 0 Å². The van der Waals surface area contributed by atoms with E-state index in [-0.39, 0.29) is 5.91 Å². The fraction of sp³-hybridized carbons (Fsp3) is 0.571. The molecule has 5 rings (SSSR count). The third-order valence-corrected chi connectivity index (χ3v) is 7.52. The molecule has 0 aromatic heterocycles. The smallest absolute Gasteiger partial charge is 0.223 e. The predicted octanol–water partition coefficient (Wildman–Crippen LogP) is 1.78. The second-order valence-electron chi connectivity index (χ2n) is 8.22. The molecule has 1 aromatic carbocycles. The van der Waals surface area contributed by atoms with E-state index in [1.807, 2.05) is 27.4 Å². The van der Waals surface area contributed by atoms with Crippen molar-refractivity contribution in [1.82, 2.24) is 9.21 Å². The number of fused-ring (bicyclic) bond motifs is 1. The standard InChI is InChI=1S/C21H27N3O4S/c25-21(8-15-2-1-6-27-14-15)23-10-16-12-24(13-17(16)11-23)29(26)18-3-4-20-19(9-18)22-5-7-28-20/h3-4,9,15,22H,1-2,5-8,10-14H2. The predicted molar refractivity (Wildman–Crippen MR) is 110 cm³/mol. The molecule has 1 amide bonds. The summed E-state index contributed by atoms with van der Waals surface area (Å²) < 4.78 is 26.2. The third-order valence-electron chi connectivity index (χ3n) is 6.13. The highest BCUT2D eigenvalue weighted by molar-refractivity contribution is 7.89. The summed E-state index contributed by atoms with van der Waals surface area (Å²) in [5.74, 6) is 1.40. The zero-order valence-corrected chi connectivity index (χ0v) is 17.3. The average molecular weight is 418 g/mol. The largest absolute Gasteiger partial charge is 0.593 e. The van der Waals surface area contributed by atoms with Crippen molar-refractivity contribution in [1.29, 1.82) is 0 Å². The van der Waals surface area contributed by atoms with E-state index < -0.39 is 11.4 Å². The van der Waals surface area contributed by atoms with Gasteiger partial charge in [0.1, 0.15) is 12.4 Å². The Hall–Kier alpha value is -1.74. The van der Waals surface area contributed by atoms with Gasteiger partial charge in [-0.15, -0.1) is 4.31 Å². The van der Waals surface area contributed by atoms with Crippen LogP contribution in [0.15, 0.2) is 34.2 Å². The van der Waals surface area contributed by atoms with Gasteiger partial charge in [0, 0.05) is 45.3 Å². The normalized spacial score (nSPS) is 25.3. The first-order valence-corrected chi connectivity index (χ1v) is 11.5. The zero-order chi connectivity index (χ0) is 19.8. The Labute approximate surface area is 174 Å². The number of carbonyl (C=O) groups excluding carboxylic acids is 1. The molecule has 0 bridgehead atoms. The minimum Gasteiger partial charge on any atom is -0.593 e. The number of anilines is 1. The van der Waals surface area contributed by atoms with Gasteiger partial charge in [0.2, 0.25) is 5.91 Å². The first-order chi connectivity index (χ1) is 14.2. The maximum atomic E-state index is 13.1. The highest BCUT2D eigenvalue weighted by Crippen LogP contribution is 2.34. The third kappa shape index (κ3) is 3.99. The van der Waals surface area contributed by atoms with E-state index in [0.29, 0.717) is 51.7 Å². The summed E-state index contributed by atoms with van der Waals surface area (Å²) in [7, 11) is 0. The minimum atomic E-state index is -1.22. The van der Waals surface area contributed by atoms with Gasteiger partial charge in [-0.25, -0.2) is 0 Å². The molecule has 1 aromatic rings. The second kappa shape index (κ2) is 8.18. The van der Waals surface area contributed by atoms with Gasteiger partial charge in [0.25, 0.3) is 0 Å². The van der Waals surface area contributed by atoms with E-state index in [4.69, 9.17) is 9.47 Å². The quantitative estimate of drug-likeness (QED) is 0.595. The molecule has 29 heavy (non-hydrogen) atoms. The summed E-state index contributed by atoms with van der Waals surface area (Å²) >= 11 is -1.22. The van der Waals surface area contributed by atoms with E-state index in [1.165, 1.54) is 11.1 Å². The molecule has 0 radical (unpaired) electrons. The lowest BCUT2D eigenvalue weighted by Gasteiger charge is -2.27. The number of amides is 1. The summed E-state index contributed by atoms with van der Waals surface area (Å²) in [5.41, 5.74) is 3.42. The Kier molecular flexibility index (Phi) is 5.43. The number of hydrogen-bond acceptors (Lipinski definition) is 6. The molecule has 2 atom stereocenters. The maximum Gasteiger partial charge on any atom is 0.223 e. The van der Waals surface area contributed by atoms with Gasteiger partial charge in [0.05, 0.1) is 30.1 Å². The summed E-state index contributed by atoms with van der Waals surface area (Å²) in [4.78, 5) is 15.4. The highest BCUT2D eigenvalue weighted by Gasteiger charge is 2.38. The topological polar surface area (TPSA) is 77.1 Å². The molecule has 1 fully saturated rings. The van der Waals surface area contributed by atoms with Crippen molar-refractivity contribution in [3.05, 3.63) is 29.3 Å². The van der Waals surface area contributed by atoms with Crippen LogP contribution in [0.1, 0.15) is 19.3 Å². The lowest BCUT2D eigenvalue weighted by atomic mass is 9.98. The van der Waals surface area contributed by atoms with Gasteiger partial charge in [-0.3, -0.25) is 4.79 Å². The maximum absolute atomic E-state index is 13.1. The SMILES string of the molecule is O=C(CC1CCCOC1)N1CC2=C(C1)CN([S+]([O-])c1ccc3c(c1)NCCO3)C2. The second-order valence-corrected chi connectivity index (χ2v) is 9.71. The number of benzene rings is 1. The number of nitrogens with zero attached hydrogens (tertiary/aromatic N) is 2. The van der Waals surface area contributed by atoms with Crippen molar-refractivity contribution in [2.24, 2.45) is 5.92 Å². The zero-order valence-electron chi connectivity index (χ0n) is 16.5. The number of carbonyl (C=O) groups is 1. The van der Waals surface area contributed by atoms with Crippen LogP contribution in [0.4, 0.5) is 5.69 Å². The molecule has 4 aliphatic heterocycles. The van der Waals surface area contributed by atoms with Gasteiger partial charge < -0.3 is 24.2 Å². The summed E-state index contributed by atoms with van der Waals surface area (Å²) in [6.07, 6.45) is 2.72. The molecule has 4 heterocycles. The van der Waals surface area contributed by atoms with Gasteiger partial charge in [0.15, 0.2) is 4.90 Å². The van der Waals surface area contributed by atoms with Crippen LogP contribution in [-0.4, -0.2) is 72.2 Å². The van der Waals surface area contributed by atoms with Gasteiger partial charge >= 0.3 is 0 Å². The number of hydrogen-bond donors (Lipinski definition) is 1. The Balaban J connectivity index is 1.16. The van der Waals surface area contributed by atoms with Gasteiger partial charge in [-0.05, 0) is 42.0 Å². The highest BCUT2D eigenvalue weighted by atomic mass is 32.2. The Bertz CT molecular complexity index is 806. The van der Waals surface area contributed by atoms with Crippen molar-refractivity contribution in [3.8, 4) is 5.75 Å². The minimum absolute atomic E-state index is 0.225. The van der Waals surface area contributed by atoms with Crippen LogP contribution in [0.25, 0.3) is 0 Å². The van der Waals surface area contributed by atoms with Crippen LogP contribution < -0.4 is 10.1 Å². The summed E-state index contributed by atoms with van der Waals surface area (Å²) in [6, 6.07) is 5.70. The van der Waals surface area contributed by atoms with Crippen LogP contribution in [-0.2, 0) is 20.9 Å². The molecule has 4 aliphatic rings. The van der Waals surface area contributed by atoms with Crippen LogP contribution in [0.2, 0.25) is 0 Å². The Morgan fingerprint density at radius 1 is 1.21 bits per heavy atom. The van der Waals surface area contributed by atoms with Crippen molar-refractivity contribution in [2.45, 2.75) is 24.2 Å². The van der Waals surface area contributed by atoms with E-state index in [1.54, 1.807) is 0 Å². The first kappa shape index (κ1) is 19.2. The fourth-order valence-electron chi connectivity index (χ4n) is 4.56. The molecular formula is C21H27N3O4S. The van der Waals surface area contributed by atoms with Crippen LogP contribution in [0.3, 0.4) is 0 Å². The van der Waals surface area contributed by atoms with E-state index >= 15 is 0 Å². The Morgan fingerprint density at radius 2 is 2.03 bits per heavy atom. The van der Waals surface area contributed by atoms with E-state index in [9.17, 15) is 9.35 Å². The fourth-order valence-corrected chi connectivity index (χ4v) is 5.81. The molecule has 1 N–H and O–H groups in total. The summed E-state index contributed by atoms with van der Waals surface area (Å²) in [6.45, 7) is 5.63. The van der Waals surface area contributed by atoms with Crippen LogP contribution in [0.5, 0.6) is 5.75 Å². The summed E-state index contributed by atoms with van der Waals surface area (Å²) in [5, 5.41) is 3.30. The van der Waals surface area contributed by atoms with Crippen molar-refractivity contribution >= 4 is 23.0 Å². The first-order valence-electron chi connectivity index (χ1n) is 10.4. The number of rotatable bonds is 4. The average Bonchev–Trinajstić information content (AvgIpc) is 3.33. The number of ether oxygens (including phenoxy) is 2. The molecule has 7 nitrogen and oxygen atoms in total. The molecular weight excluding hydrogens is 390 g/mol. The molecule has 156 valence electrons. The lowest BCUT2D eigenvalue weighted by molar-refractivity contribution is -0.132. The monoisotopic (exact) mass is 417 g/mol. The molecule has 0 spiro atoms. The molecule has 2 unspecified atom stereocenters. The van der Waals surface area contributed by atoms with Gasteiger partial charge in [-0.1, -0.05) is 0 Å². The van der Waals surface area contributed by atoms with Crippen molar-refractivity contribution in [2.75, 3.05) is 57.9 Å². The molecule has 0 saturated carbocycles. The van der Waals surface area contributed by atoms with E-state index in [0.717, 1.165) is 42.3 Å². The van der Waals surface area contributed by atoms with Crippen LogP contribution >= 0.6 is 0 Å². The lowest BCUT2D eigenvalue weighted by Crippen LogP contribution is -2.37. The van der Waals surface area contributed by atoms with Crippen LogP contribution in [0, 0.1) is 5.92 Å². The number of nitrogens with one attached hydrogen (secondary N) is 1. The van der Waals surface area contributed by atoms with Crippen molar-refractivity contribution in [3.63, 3.8) is 0 Å². The molecule has 0 aliphatic carbocycles.